The van der Waals surface area contributed by atoms with Crippen molar-refractivity contribution in [3.8, 4) is 0 Å². The SMILES string of the molecule is BrCCC1OCCCO1.O=C1NCCc2cc(Br)ccc21.O=C1c2ccc(Br)cc2CCN1CCC1OCCCO1.[H-].[Na+]. The second kappa shape index (κ2) is 19.2. The first-order chi connectivity index (χ1) is 19.9. The first-order valence-corrected chi connectivity index (χ1v) is 16.8. The largest absolute Gasteiger partial charge is 1.00 e. The van der Waals surface area contributed by atoms with Crippen LogP contribution in [0.2, 0.25) is 0 Å². The smallest absolute Gasteiger partial charge is 1.00 e. The number of benzene rings is 2. The van der Waals surface area contributed by atoms with Crippen LogP contribution in [0.5, 0.6) is 0 Å². The minimum atomic E-state index is -0.150. The molecule has 0 atom stereocenters. The van der Waals surface area contributed by atoms with Gasteiger partial charge in [-0.2, -0.15) is 0 Å². The molecule has 226 valence electrons. The summed E-state index contributed by atoms with van der Waals surface area (Å²) in [5.41, 5.74) is 3.90. The van der Waals surface area contributed by atoms with Crippen LogP contribution in [0.15, 0.2) is 45.3 Å². The Labute approximate surface area is 297 Å². The van der Waals surface area contributed by atoms with E-state index in [0.29, 0.717) is 6.54 Å². The summed E-state index contributed by atoms with van der Waals surface area (Å²) in [7, 11) is 0. The molecule has 0 unspecified atom stereocenters. The molecule has 4 aliphatic rings. The fraction of sp³-hybridized carbons (Fsp3) is 0.533. The number of nitrogens with zero attached hydrogens (tertiary/aromatic N) is 1. The zero-order valence-electron chi connectivity index (χ0n) is 25.0. The molecule has 0 saturated carbocycles. The zero-order valence-corrected chi connectivity index (χ0v) is 30.8. The van der Waals surface area contributed by atoms with Gasteiger partial charge >= 0.3 is 29.6 Å². The van der Waals surface area contributed by atoms with E-state index in [1.165, 1.54) is 0 Å². The van der Waals surface area contributed by atoms with Gasteiger partial charge in [-0.25, -0.2) is 0 Å². The summed E-state index contributed by atoms with van der Waals surface area (Å²) in [6.07, 6.45) is 5.45. The maximum absolute atomic E-state index is 12.4. The summed E-state index contributed by atoms with van der Waals surface area (Å²) in [6.45, 7) is 5.45. The summed E-state index contributed by atoms with van der Waals surface area (Å²) in [5, 5.41) is 3.76. The average Bonchev–Trinajstić information content (AvgIpc) is 2.99. The quantitative estimate of drug-likeness (QED) is 0.371. The fourth-order valence-electron chi connectivity index (χ4n) is 4.87. The Morgan fingerprint density at radius 1 is 0.810 bits per heavy atom. The van der Waals surface area contributed by atoms with Crippen LogP contribution in [0, 0.1) is 0 Å². The Morgan fingerprint density at radius 3 is 1.95 bits per heavy atom. The molecule has 0 aliphatic carbocycles. The molecule has 0 radical (unpaired) electrons. The van der Waals surface area contributed by atoms with Gasteiger partial charge in [-0.05, 0) is 73.2 Å². The summed E-state index contributed by atoms with van der Waals surface area (Å²) in [5.74, 6) is 0.165. The van der Waals surface area contributed by atoms with Gasteiger partial charge in [0.2, 0.25) is 0 Å². The molecule has 0 bridgehead atoms. The molecule has 0 spiro atoms. The standard InChI is InChI=1S/C15H18BrNO3.C9H8BrNO.C6H11BrO2.Na.H/c16-12-2-3-13-11(10-12)4-6-17(15(13)18)7-5-14-19-8-1-9-20-14;10-7-1-2-8-6(5-7)3-4-11-9(8)12;7-3-2-6-8-4-1-5-9-6;;/h2-3,10,14H,1,4-9H2;1-2,5H,3-4H2,(H,11,12);6H,1-5H2;;/q;;;+1;-1. The third-order valence-corrected chi connectivity index (χ3v) is 8.44. The maximum Gasteiger partial charge on any atom is 1.00 e. The Balaban J connectivity index is 0.000000241. The van der Waals surface area contributed by atoms with E-state index in [4.69, 9.17) is 18.9 Å². The van der Waals surface area contributed by atoms with Crippen molar-refractivity contribution >= 4 is 59.6 Å². The summed E-state index contributed by atoms with van der Waals surface area (Å²) in [4.78, 5) is 25.6. The fourth-order valence-corrected chi connectivity index (χ4v) is 6.06. The number of hydrogen-bond acceptors (Lipinski definition) is 6. The zero-order chi connectivity index (χ0) is 29.0. The van der Waals surface area contributed by atoms with E-state index in [1.807, 2.05) is 41.3 Å². The molecule has 12 heteroatoms. The van der Waals surface area contributed by atoms with Gasteiger partial charge in [-0.1, -0.05) is 47.8 Å². The van der Waals surface area contributed by atoms with Crippen LogP contribution >= 0.6 is 47.8 Å². The number of amides is 2. The molecule has 2 aromatic carbocycles. The van der Waals surface area contributed by atoms with Crippen LogP contribution in [0.3, 0.4) is 0 Å². The summed E-state index contributed by atoms with van der Waals surface area (Å²) >= 11 is 10.2. The molecule has 0 aromatic heterocycles. The van der Waals surface area contributed by atoms with E-state index in [-0.39, 0.29) is 55.4 Å². The summed E-state index contributed by atoms with van der Waals surface area (Å²) < 4.78 is 23.6. The van der Waals surface area contributed by atoms with Crippen molar-refractivity contribution in [1.82, 2.24) is 10.2 Å². The van der Waals surface area contributed by atoms with Gasteiger partial charge in [-0.15, -0.1) is 0 Å². The topological polar surface area (TPSA) is 86.3 Å². The third-order valence-electron chi connectivity index (χ3n) is 7.00. The maximum atomic E-state index is 12.4. The number of hydrogen-bond donors (Lipinski definition) is 1. The predicted octanol–water partition coefficient (Wildman–Crippen LogP) is 2.99. The first kappa shape index (κ1) is 36.1. The van der Waals surface area contributed by atoms with Crippen LogP contribution < -0.4 is 34.9 Å². The van der Waals surface area contributed by atoms with Crippen molar-refractivity contribution in [2.45, 2.75) is 51.1 Å². The van der Waals surface area contributed by atoms with Gasteiger partial charge < -0.3 is 30.6 Å². The molecular weight excluding hydrogens is 747 g/mol. The Bertz CT molecular complexity index is 1170. The van der Waals surface area contributed by atoms with Crippen LogP contribution in [0.4, 0.5) is 0 Å². The Morgan fingerprint density at radius 2 is 1.36 bits per heavy atom. The van der Waals surface area contributed by atoms with Gasteiger partial charge in [0.1, 0.15) is 0 Å². The molecule has 42 heavy (non-hydrogen) atoms. The number of rotatable bonds is 5. The number of carbonyl (C=O) groups excluding carboxylic acids is 2. The van der Waals surface area contributed by atoms with Crippen LogP contribution in [0.1, 0.15) is 59.0 Å². The molecule has 2 aromatic rings. The van der Waals surface area contributed by atoms with Gasteiger partial charge in [0.05, 0.1) is 26.4 Å². The van der Waals surface area contributed by atoms with Gasteiger partial charge in [0.15, 0.2) is 12.6 Å². The molecule has 2 amide bonds. The van der Waals surface area contributed by atoms with Crippen molar-refractivity contribution in [2.75, 3.05) is 51.4 Å². The molecule has 4 heterocycles. The number of carbonyl (C=O) groups is 2. The minimum Gasteiger partial charge on any atom is -1.00 e. The van der Waals surface area contributed by atoms with Gasteiger partial charge in [-0.3, -0.25) is 9.59 Å². The molecule has 8 nitrogen and oxygen atoms in total. The van der Waals surface area contributed by atoms with Crippen molar-refractivity contribution in [3.05, 3.63) is 67.6 Å². The van der Waals surface area contributed by atoms with E-state index < -0.39 is 0 Å². The van der Waals surface area contributed by atoms with Crippen LogP contribution in [-0.2, 0) is 31.8 Å². The minimum absolute atomic E-state index is 0. The van der Waals surface area contributed by atoms with Crippen molar-refractivity contribution in [3.63, 3.8) is 0 Å². The molecule has 2 saturated heterocycles. The second-order valence-corrected chi connectivity index (χ2v) is 12.6. The van der Waals surface area contributed by atoms with E-state index >= 15 is 0 Å². The number of nitrogens with one attached hydrogen (secondary N) is 1. The summed E-state index contributed by atoms with van der Waals surface area (Å²) in [6, 6.07) is 11.6. The third kappa shape index (κ3) is 11.2. The first-order valence-electron chi connectivity index (χ1n) is 14.1. The van der Waals surface area contributed by atoms with Gasteiger partial charge in [0, 0.05) is 57.9 Å². The normalized spacial score (nSPS) is 18.7. The van der Waals surface area contributed by atoms with Gasteiger partial charge in [0.25, 0.3) is 11.8 Å². The molecular formula is C30H38Br3N2NaO6. The average molecular weight is 785 g/mol. The van der Waals surface area contributed by atoms with E-state index in [0.717, 1.165) is 115 Å². The number of ether oxygens (including phenoxy) is 4. The number of fused-ring (bicyclic) bond motifs is 2. The van der Waals surface area contributed by atoms with Crippen LogP contribution in [0.25, 0.3) is 0 Å². The van der Waals surface area contributed by atoms with E-state index in [2.05, 4.69) is 53.1 Å². The van der Waals surface area contributed by atoms with Crippen LogP contribution in [-0.4, -0.2) is 80.7 Å². The molecule has 2 fully saturated rings. The van der Waals surface area contributed by atoms with Crippen molar-refractivity contribution in [2.24, 2.45) is 0 Å². The van der Waals surface area contributed by atoms with Crippen molar-refractivity contribution in [1.29, 1.82) is 0 Å². The monoisotopic (exact) mass is 782 g/mol. The van der Waals surface area contributed by atoms with Crippen molar-refractivity contribution < 1.29 is 59.5 Å². The molecule has 4 aliphatic heterocycles. The Kier molecular flexibility index (Phi) is 16.5. The second-order valence-electron chi connectivity index (χ2n) is 9.97. The predicted molar refractivity (Wildman–Crippen MR) is 169 cm³/mol. The van der Waals surface area contributed by atoms with E-state index in [1.54, 1.807) is 0 Å². The number of alkyl halides is 1. The number of halogens is 3. The Hall–Kier alpha value is -0.340. The molecule has 6 rings (SSSR count). The molecule has 1 N–H and O–H groups in total. The van der Waals surface area contributed by atoms with E-state index in [9.17, 15) is 9.59 Å².